The molecule has 0 saturated carbocycles. The molecular formula is C22H22F3N2O3+. The Hall–Kier alpha value is -3.00. The quantitative estimate of drug-likeness (QED) is 0.661. The normalized spacial score (nSPS) is 15.5. The zero-order valence-corrected chi connectivity index (χ0v) is 16.5. The monoisotopic (exact) mass is 419 g/mol. The Bertz CT molecular complexity index is 1100. The first-order chi connectivity index (χ1) is 14.3. The van der Waals surface area contributed by atoms with E-state index in [-0.39, 0.29) is 0 Å². The number of rotatable bonds is 4. The first kappa shape index (κ1) is 20.3. The van der Waals surface area contributed by atoms with Crippen molar-refractivity contribution in [1.29, 1.82) is 0 Å². The zero-order chi connectivity index (χ0) is 21.3. The third-order valence-electron chi connectivity index (χ3n) is 5.49. The lowest BCUT2D eigenvalue weighted by atomic mass is 10.1. The SMILES string of the molecule is COc1ccc2c(C[NH+]3CCN(c4cccc(C(F)(F)F)c4)CC3)cc(=O)oc2c1. The van der Waals surface area contributed by atoms with Crippen LogP contribution in [0.5, 0.6) is 5.75 Å². The van der Waals surface area contributed by atoms with Crippen molar-refractivity contribution >= 4 is 16.7 Å². The van der Waals surface area contributed by atoms with E-state index in [4.69, 9.17) is 9.15 Å². The van der Waals surface area contributed by atoms with Crippen LogP contribution >= 0.6 is 0 Å². The van der Waals surface area contributed by atoms with Crippen molar-refractivity contribution in [3.8, 4) is 5.75 Å². The molecule has 1 fully saturated rings. The molecule has 8 heteroatoms. The van der Waals surface area contributed by atoms with Crippen LogP contribution in [-0.2, 0) is 12.7 Å². The number of anilines is 1. The molecule has 2 aromatic carbocycles. The van der Waals surface area contributed by atoms with Crippen LogP contribution in [0.1, 0.15) is 11.1 Å². The van der Waals surface area contributed by atoms with E-state index in [0.29, 0.717) is 36.7 Å². The standard InChI is InChI=1S/C22H21F3N2O3/c1-29-18-5-6-19-15(11-21(28)30-20(19)13-18)14-26-7-9-27(10-8-26)17-4-2-3-16(12-17)22(23,24)25/h2-6,11-13H,7-10,14H2,1H3/p+1. The van der Waals surface area contributed by atoms with E-state index in [2.05, 4.69) is 0 Å². The van der Waals surface area contributed by atoms with Gasteiger partial charge >= 0.3 is 11.8 Å². The number of benzene rings is 2. The first-order valence-corrected chi connectivity index (χ1v) is 9.70. The second-order valence-corrected chi connectivity index (χ2v) is 7.41. The Morgan fingerprint density at radius 2 is 1.87 bits per heavy atom. The molecule has 0 aliphatic carbocycles. The summed E-state index contributed by atoms with van der Waals surface area (Å²) in [6, 6.07) is 12.4. The van der Waals surface area contributed by atoms with Gasteiger partial charge in [-0.25, -0.2) is 4.79 Å². The highest BCUT2D eigenvalue weighted by Gasteiger charge is 2.31. The average Bonchev–Trinajstić information content (AvgIpc) is 2.73. The maximum absolute atomic E-state index is 13.0. The van der Waals surface area contributed by atoms with Crippen molar-refractivity contribution in [3.63, 3.8) is 0 Å². The number of halogens is 3. The highest BCUT2D eigenvalue weighted by atomic mass is 19.4. The predicted molar refractivity (Wildman–Crippen MR) is 107 cm³/mol. The van der Waals surface area contributed by atoms with Gasteiger partial charge < -0.3 is 19.0 Å². The van der Waals surface area contributed by atoms with Crippen LogP contribution in [0.25, 0.3) is 11.0 Å². The summed E-state index contributed by atoms with van der Waals surface area (Å²) in [6.07, 6.45) is -4.35. The summed E-state index contributed by atoms with van der Waals surface area (Å²) in [4.78, 5) is 15.2. The van der Waals surface area contributed by atoms with Gasteiger partial charge in [-0.05, 0) is 30.3 Å². The number of ether oxygens (including phenoxy) is 1. The molecule has 30 heavy (non-hydrogen) atoms. The Labute approximate surface area is 171 Å². The number of hydrogen-bond donors (Lipinski definition) is 1. The summed E-state index contributed by atoms with van der Waals surface area (Å²) in [5.74, 6) is 0.616. The van der Waals surface area contributed by atoms with Crippen LogP contribution in [0.4, 0.5) is 18.9 Å². The second-order valence-electron chi connectivity index (χ2n) is 7.41. The Morgan fingerprint density at radius 3 is 2.57 bits per heavy atom. The van der Waals surface area contributed by atoms with Crippen LogP contribution in [0.3, 0.4) is 0 Å². The molecule has 1 N–H and O–H groups in total. The molecule has 158 valence electrons. The molecule has 1 saturated heterocycles. The highest BCUT2D eigenvalue weighted by molar-refractivity contribution is 5.81. The van der Waals surface area contributed by atoms with Crippen molar-refractivity contribution < 1.29 is 27.2 Å². The van der Waals surface area contributed by atoms with Crippen LogP contribution in [-0.4, -0.2) is 33.3 Å². The molecule has 0 amide bonds. The Balaban J connectivity index is 1.48. The molecule has 1 aliphatic heterocycles. The van der Waals surface area contributed by atoms with Crippen molar-refractivity contribution in [3.05, 3.63) is 70.1 Å². The van der Waals surface area contributed by atoms with Crippen molar-refractivity contribution in [2.45, 2.75) is 12.7 Å². The summed E-state index contributed by atoms with van der Waals surface area (Å²) < 4.78 is 49.4. The van der Waals surface area contributed by atoms with E-state index in [0.717, 1.165) is 30.1 Å². The fraction of sp³-hybridized carbons (Fsp3) is 0.318. The molecule has 0 radical (unpaired) electrons. The van der Waals surface area contributed by atoms with Gasteiger partial charge in [0.25, 0.3) is 0 Å². The molecule has 1 aromatic heterocycles. The number of nitrogens with zero attached hydrogens (tertiary/aromatic N) is 1. The molecule has 0 unspecified atom stereocenters. The van der Waals surface area contributed by atoms with Gasteiger partial charge in [-0.15, -0.1) is 0 Å². The molecule has 5 nitrogen and oxygen atoms in total. The molecule has 0 bridgehead atoms. The summed E-state index contributed by atoms with van der Waals surface area (Å²) in [5.41, 5.74) is 0.924. The van der Waals surface area contributed by atoms with Gasteiger partial charge in [0.15, 0.2) is 0 Å². The summed E-state index contributed by atoms with van der Waals surface area (Å²) in [7, 11) is 1.55. The molecule has 3 aromatic rings. The molecule has 0 spiro atoms. The number of quaternary nitrogens is 1. The molecule has 2 heterocycles. The van der Waals surface area contributed by atoms with Gasteiger partial charge in [-0.3, -0.25) is 0 Å². The van der Waals surface area contributed by atoms with Gasteiger partial charge in [-0.2, -0.15) is 13.2 Å². The van der Waals surface area contributed by atoms with Crippen LogP contribution in [0.15, 0.2) is 57.7 Å². The topological polar surface area (TPSA) is 47.1 Å². The third-order valence-corrected chi connectivity index (χ3v) is 5.49. The number of piperazine rings is 1. The fourth-order valence-electron chi connectivity index (χ4n) is 3.89. The Kier molecular flexibility index (Phi) is 5.42. The van der Waals surface area contributed by atoms with Crippen molar-refractivity contribution in [1.82, 2.24) is 0 Å². The highest BCUT2D eigenvalue weighted by Crippen LogP contribution is 2.31. The molecule has 4 rings (SSSR count). The minimum Gasteiger partial charge on any atom is -0.497 e. The van der Waals surface area contributed by atoms with Crippen LogP contribution in [0, 0.1) is 0 Å². The molecular weight excluding hydrogens is 397 g/mol. The first-order valence-electron chi connectivity index (χ1n) is 9.70. The lowest BCUT2D eigenvalue weighted by molar-refractivity contribution is -0.914. The van der Waals surface area contributed by atoms with Gasteiger partial charge in [-0.1, -0.05) is 6.07 Å². The van der Waals surface area contributed by atoms with E-state index < -0.39 is 17.4 Å². The maximum atomic E-state index is 13.0. The predicted octanol–water partition coefficient (Wildman–Crippen LogP) is 2.73. The lowest BCUT2D eigenvalue weighted by Crippen LogP contribution is -3.13. The largest absolute Gasteiger partial charge is 0.497 e. The summed E-state index contributed by atoms with van der Waals surface area (Å²) in [5, 5.41) is 0.864. The average molecular weight is 419 g/mol. The minimum absolute atomic E-state index is 0.409. The van der Waals surface area contributed by atoms with Crippen molar-refractivity contribution in [2.24, 2.45) is 0 Å². The number of nitrogens with one attached hydrogen (secondary N) is 1. The van der Waals surface area contributed by atoms with Gasteiger partial charge in [0.2, 0.25) is 0 Å². The molecule has 0 atom stereocenters. The zero-order valence-electron chi connectivity index (χ0n) is 16.5. The lowest BCUT2D eigenvalue weighted by Gasteiger charge is -2.34. The van der Waals surface area contributed by atoms with Gasteiger partial charge in [0.05, 0.1) is 38.9 Å². The van der Waals surface area contributed by atoms with E-state index in [1.807, 2.05) is 17.0 Å². The third kappa shape index (κ3) is 4.28. The number of hydrogen-bond acceptors (Lipinski definition) is 4. The summed E-state index contributed by atoms with van der Waals surface area (Å²) in [6.45, 7) is 3.45. The van der Waals surface area contributed by atoms with E-state index in [1.165, 1.54) is 23.1 Å². The van der Waals surface area contributed by atoms with E-state index in [1.54, 1.807) is 19.2 Å². The Morgan fingerprint density at radius 1 is 1.10 bits per heavy atom. The van der Waals surface area contributed by atoms with Crippen LogP contribution < -0.4 is 20.2 Å². The van der Waals surface area contributed by atoms with Crippen molar-refractivity contribution in [2.75, 3.05) is 38.2 Å². The maximum Gasteiger partial charge on any atom is 0.416 e. The fourth-order valence-corrected chi connectivity index (χ4v) is 3.89. The van der Waals surface area contributed by atoms with Gasteiger partial charge in [0, 0.05) is 28.8 Å². The van der Waals surface area contributed by atoms with Crippen LogP contribution in [0.2, 0.25) is 0 Å². The summed E-state index contributed by atoms with van der Waals surface area (Å²) >= 11 is 0. The number of fused-ring (bicyclic) bond motifs is 1. The number of methoxy groups -OCH3 is 1. The van der Waals surface area contributed by atoms with E-state index in [9.17, 15) is 18.0 Å². The smallest absolute Gasteiger partial charge is 0.416 e. The number of alkyl halides is 3. The van der Waals surface area contributed by atoms with Gasteiger partial charge in [0.1, 0.15) is 17.9 Å². The second kappa shape index (κ2) is 8.02. The minimum atomic E-state index is -4.35. The van der Waals surface area contributed by atoms with E-state index >= 15 is 0 Å². The molecule has 1 aliphatic rings.